The highest BCUT2D eigenvalue weighted by atomic mass is 32.2. The highest BCUT2D eigenvalue weighted by molar-refractivity contribution is 7.99. The van der Waals surface area contributed by atoms with Crippen molar-refractivity contribution in [3.63, 3.8) is 0 Å². The Kier molecular flexibility index (Phi) is 7.64. The third kappa shape index (κ3) is 6.70. The molecule has 3 aromatic rings. The van der Waals surface area contributed by atoms with Crippen LogP contribution in [0.2, 0.25) is 0 Å². The lowest BCUT2D eigenvalue weighted by Crippen LogP contribution is -2.11. The fraction of sp³-hybridized carbons (Fsp3) is 0.286. The normalized spacial score (nSPS) is 11.4. The Balaban J connectivity index is 1.40. The second kappa shape index (κ2) is 10.4. The van der Waals surface area contributed by atoms with Crippen molar-refractivity contribution in [1.29, 1.82) is 0 Å². The van der Waals surface area contributed by atoms with Crippen LogP contribution < -0.4 is 5.32 Å². The number of benzene rings is 2. The molecule has 9 heteroatoms. The molecular formula is C21H23N3O4S2. The van der Waals surface area contributed by atoms with Gasteiger partial charge in [0.05, 0.1) is 10.6 Å². The van der Waals surface area contributed by atoms with Gasteiger partial charge in [-0.25, -0.2) is 8.42 Å². The number of amides is 1. The van der Waals surface area contributed by atoms with E-state index in [9.17, 15) is 13.2 Å². The van der Waals surface area contributed by atoms with E-state index in [2.05, 4.69) is 39.8 Å². The van der Waals surface area contributed by atoms with Crippen LogP contribution in [0.1, 0.15) is 24.3 Å². The van der Waals surface area contributed by atoms with Gasteiger partial charge in [0, 0.05) is 17.7 Å². The second-order valence-electron chi connectivity index (χ2n) is 6.70. The van der Waals surface area contributed by atoms with E-state index in [1.165, 1.54) is 10.5 Å². The molecule has 0 saturated carbocycles. The van der Waals surface area contributed by atoms with Crippen LogP contribution in [0.3, 0.4) is 0 Å². The van der Waals surface area contributed by atoms with Gasteiger partial charge in [-0.05, 0) is 43.4 Å². The van der Waals surface area contributed by atoms with E-state index in [-0.39, 0.29) is 34.9 Å². The number of anilines is 1. The Morgan fingerprint density at radius 1 is 1.07 bits per heavy atom. The molecule has 0 atom stereocenters. The molecule has 3 rings (SSSR count). The summed E-state index contributed by atoms with van der Waals surface area (Å²) in [4.78, 5) is 13.5. The Morgan fingerprint density at radius 3 is 2.53 bits per heavy atom. The average Bonchev–Trinajstić information content (AvgIpc) is 3.19. The fourth-order valence-electron chi connectivity index (χ4n) is 2.61. The smallest absolute Gasteiger partial charge is 0.322 e. The first-order valence-corrected chi connectivity index (χ1v) is 12.2. The quantitative estimate of drug-likeness (QED) is 0.373. The van der Waals surface area contributed by atoms with E-state index in [1.54, 1.807) is 42.1 Å². The number of aromatic nitrogens is 2. The summed E-state index contributed by atoms with van der Waals surface area (Å²) in [6.07, 6.45) is 1.12. The van der Waals surface area contributed by atoms with E-state index >= 15 is 0 Å². The van der Waals surface area contributed by atoms with Crippen LogP contribution in [0.5, 0.6) is 0 Å². The zero-order valence-electron chi connectivity index (χ0n) is 16.6. The van der Waals surface area contributed by atoms with Gasteiger partial charge in [-0.1, -0.05) is 41.0 Å². The van der Waals surface area contributed by atoms with Crippen molar-refractivity contribution < 1.29 is 17.6 Å². The standard InChI is InChI=1S/C21H23N3O4S2/c1-16-9-11-17(12-10-16)29-14-5-8-19(25)22-21-24-23-20(28-21)13-15-30(26,27)18-6-3-2-4-7-18/h2-4,6-7,9-12H,5,8,13-15H2,1H3,(H,22,24,25). The minimum Gasteiger partial charge on any atom is -0.408 e. The second-order valence-corrected chi connectivity index (χ2v) is 9.97. The topological polar surface area (TPSA) is 102 Å². The van der Waals surface area contributed by atoms with Crippen molar-refractivity contribution in [3.8, 4) is 0 Å². The van der Waals surface area contributed by atoms with Crippen molar-refractivity contribution in [3.05, 3.63) is 66.1 Å². The van der Waals surface area contributed by atoms with Crippen LogP contribution in [0.4, 0.5) is 6.01 Å². The average molecular weight is 446 g/mol. The lowest BCUT2D eigenvalue weighted by atomic mass is 10.2. The first-order valence-electron chi connectivity index (χ1n) is 9.52. The van der Waals surface area contributed by atoms with E-state index in [0.717, 1.165) is 5.75 Å². The number of aryl methyl sites for hydroxylation is 2. The predicted molar refractivity (Wildman–Crippen MR) is 116 cm³/mol. The van der Waals surface area contributed by atoms with E-state index in [4.69, 9.17) is 4.42 Å². The van der Waals surface area contributed by atoms with Crippen LogP contribution >= 0.6 is 11.8 Å². The van der Waals surface area contributed by atoms with Crippen molar-refractivity contribution >= 4 is 33.5 Å². The molecule has 0 radical (unpaired) electrons. The zero-order chi connectivity index (χ0) is 21.4. The predicted octanol–water partition coefficient (Wildman–Crippen LogP) is 3.91. The lowest BCUT2D eigenvalue weighted by Gasteiger charge is -2.03. The monoisotopic (exact) mass is 445 g/mol. The number of carbonyl (C=O) groups is 1. The SMILES string of the molecule is Cc1ccc(SCCCC(=O)Nc2nnc(CCS(=O)(=O)c3ccccc3)o2)cc1. The largest absolute Gasteiger partial charge is 0.408 e. The first kappa shape index (κ1) is 22.0. The Bertz CT molecular complexity index is 1070. The maximum Gasteiger partial charge on any atom is 0.322 e. The molecule has 7 nitrogen and oxygen atoms in total. The minimum absolute atomic E-state index is 0.0155. The Hall–Kier alpha value is -2.65. The molecular weight excluding hydrogens is 422 g/mol. The maximum absolute atomic E-state index is 12.3. The third-order valence-corrected chi connectivity index (χ3v) is 7.07. The van der Waals surface area contributed by atoms with E-state index < -0.39 is 9.84 Å². The van der Waals surface area contributed by atoms with Gasteiger partial charge in [-0.15, -0.1) is 16.9 Å². The molecule has 0 aliphatic heterocycles. The van der Waals surface area contributed by atoms with Crippen LogP contribution in [0.15, 0.2) is 68.8 Å². The number of sulfone groups is 1. The Labute approximate surface area is 180 Å². The third-order valence-electron chi connectivity index (χ3n) is 4.24. The highest BCUT2D eigenvalue weighted by Gasteiger charge is 2.17. The van der Waals surface area contributed by atoms with Crippen LogP contribution in [-0.2, 0) is 21.1 Å². The summed E-state index contributed by atoms with van der Waals surface area (Å²) in [5.74, 6) is 0.623. The summed E-state index contributed by atoms with van der Waals surface area (Å²) < 4.78 is 29.9. The van der Waals surface area contributed by atoms with E-state index in [1.807, 2.05) is 6.92 Å². The van der Waals surface area contributed by atoms with Gasteiger partial charge < -0.3 is 4.42 Å². The summed E-state index contributed by atoms with van der Waals surface area (Å²) in [6, 6.07) is 16.4. The molecule has 0 fully saturated rings. The molecule has 0 aliphatic carbocycles. The maximum atomic E-state index is 12.3. The van der Waals surface area contributed by atoms with Gasteiger partial charge >= 0.3 is 6.01 Å². The number of hydrogen-bond donors (Lipinski definition) is 1. The lowest BCUT2D eigenvalue weighted by molar-refractivity contribution is -0.116. The molecule has 1 aromatic heterocycles. The van der Waals surface area contributed by atoms with Crippen molar-refractivity contribution in [2.75, 3.05) is 16.8 Å². The summed E-state index contributed by atoms with van der Waals surface area (Å²) in [5.41, 5.74) is 1.22. The summed E-state index contributed by atoms with van der Waals surface area (Å²) in [6.45, 7) is 2.05. The highest BCUT2D eigenvalue weighted by Crippen LogP contribution is 2.20. The number of hydrogen-bond acceptors (Lipinski definition) is 7. The van der Waals surface area contributed by atoms with Crippen LogP contribution in [0.25, 0.3) is 0 Å². The summed E-state index contributed by atoms with van der Waals surface area (Å²) in [7, 11) is -3.43. The molecule has 0 aliphatic rings. The molecule has 1 amide bonds. The van der Waals surface area contributed by atoms with Gasteiger partial charge in [0.2, 0.25) is 11.8 Å². The van der Waals surface area contributed by atoms with Gasteiger partial charge in [0.1, 0.15) is 0 Å². The zero-order valence-corrected chi connectivity index (χ0v) is 18.2. The molecule has 0 unspecified atom stereocenters. The number of carbonyl (C=O) groups excluding carboxylic acids is 1. The number of nitrogens with zero attached hydrogens (tertiary/aromatic N) is 2. The number of rotatable bonds is 10. The molecule has 30 heavy (non-hydrogen) atoms. The first-order chi connectivity index (χ1) is 14.4. The molecule has 158 valence electrons. The van der Waals surface area contributed by atoms with Crippen molar-refractivity contribution in [1.82, 2.24) is 10.2 Å². The Morgan fingerprint density at radius 2 is 1.80 bits per heavy atom. The minimum atomic E-state index is -3.43. The van der Waals surface area contributed by atoms with Gasteiger partial charge in [-0.2, -0.15) is 0 Å². The number of thioether (sulfide) groups is 1. The molecule has 1 N–H and O–H groups in total. The van der Waals surface area contributed by atoms with Crippen LogP contribution in [-0.4, -0.2) is 36.0 Å². The van der Waals surface area contributed by atoms with Gasteiger partial charge in [-0.3, -0.25) is 10.1 Å². The molecule has 0 saturated heterocycles. The van der Waals surface area contributed by atoms with E-state index in [0.29, 0.717) is 12.8 Å². The van der Waals surface area contributed by atoms with Crippen molar-refractivity contribution in [2.24, 2.45) is 0 Å². The molecule has 2 aromatic carbocycles. The summed E-state index contributed by atoms with van der Waals surface area (Å²) in [5, 5.41) is 10.1. The molecule has 1 heterocycles. The fourth-order valence-corrected chi connectivity index (χ4v) is 4.72. The van der Waals surface area contributed by atoms with Gasteiger partial charge in [0.25, 0.3) is 0 Å². The van der Waals surface area contributed by atoms with Crippen molar-refractivity contribution in [2.45, 2.75) is 36.0 Å². The molecule has 0 spiro atoms. The summed E-state index contributed by atoms with van der Waals surface area (Å²) >= 11 is 1.70. The molecule has 0 bridgehead atoms. The van der Waals surface area contributed by atoms with Gasteiger partial charge in [0.15, 0.2) is 9.84 Å². The van der Waals surface area contributed by atoms with Crippen LogP contribution in [0, 0.1) is 6.92 Å². The number of nitrogens with one attached hydrogen (secondary N) is 1.